The first kappa shape index (κ1) is 14.5. The lowest BCUT2D eigenvalue weighted by molar-refractivity contribution is -0.311. The molecule has 0 radical (unpaired) electrons. The Labute approximate surface area is 95.6 Å². The standard InChI is InChI=1S/C11H18O5/c1-8(2)14-10(12)15-9(3)7-13-16-11(4,5)6/h7H,1H2,2-6H3/b9-7+. The van der Waals surface area contributed by atoms with E-state index < -0.39 is 11.8 Å². The first-order chi connectivity index (χ1) is 7.20. The summed E-state index contributed by atoms with van der Waals surface area (Å²) < 4.78 is 9.29. The van der Waals surface area contributed by atoms with Gasteiger partial charge in [-0.2, -0.15) is 4.89 Å². The summed E-state index contributed by atoms with van der Waals surface area (Å²) in [5, 5.41) is 0. The highest BCUT2D eigenvalue weighted by molar-refractivity contribution is 5.62. The Morgan fingerprint density at radius 2 is 1.75 bits per heavy atom. The molecule has 0 N–H and O–H groups in total. The van der Waals surface area contributed by atoms with Gasteiger partial charge >= 0.3 is 6.16 Å². The van der Waals surface area contributed by atoms with E-state index in [4.69, 9.17) is 14.5 Å². The molecule has 92 valence electrons. The fourth-order valence-corrected chi connectivity index (χ4v) is 0.555. The highest BCUT2D eigenvalue weighted by atomic mass is 17.2. The molecule has 0 aliphatic carbocycles. The maximum Gasteiger partial charge on any atom is 0.518 e. The number of carbonyl (C=O) groups excluding carboxylic acids is 1. The molecule has 0 aromatic carbocycles. The Balaban J connectivity index is 3.96. The van der Waals surface area contributed by atoms with Crippen LogP contribution >= 0.6 is 0 Å². The summed E-state index contributed by atoms with van der Waals surface area (Å²) in [6, 6.07) is 0. The van der Waals surface area contributed by atoms with E-state index in [1.807, 2.05) is 20.8 Å². The monoisotopic (exact) mass is 230 g/mol. The van der Waals surface area contributed by atoms with Gasteiger partial charge in [0.05, 0.1) is 0 Å². The van der Waals surface area contributed by atoms with Gasteiger partial charge in [0.1, 0.15) is 17.1 Å². The van der Waals surface area contributed by atoms with Crippen LogP contribution < -0.4 is 0 Å². The summed E-state index contributed by atoms with van der Waals surface area (Å²) >= 11 is 0. The van der Waals surface area contributed by atoms with Crippen LogP contribution in [0.5, 0.6) is 0 Å². The Bertz CT molecular complexity index is 285. The van der Waals surface area contributed by atoms with Gasteiger partial charge in [0.25, 0.3) is 0 Å². The van der Waals surface area contributed by atoms with Crippen molar-refractivity contribution < 1.29 is 24.0 Å². The quantitative estimate of drug-likeness (QED) is 0.321. The van der Waals surface area contributed by atoms with Crippen molar-refractivity contribution in [2.45, 2.75) is 40.2 Å². The molecule has 0 bridgehead atoms. The van der Waals surface area contributed by atoms with Crippen molar-refractivity contribution in [3.05, 3.63) is 24.4 Å². The first-order valence-electron chi connectivity index (χ1n) is 4.77. The van der Waals surface area contributed by atoms with Crippen molar-refractivity contribution in [1.29, 1.82) is 0 Å². The van der Waals surface area contributed by atoms with Gasteiger partial charge in [0, 0.05) is 0 Å². The van der Waals surface area contributed by atoms with Crippen LogP contribution in [-0.4, -0.2) is 11.8 Å². The average Bonchev–Trinajstić information content (AvgIpc) is 1.98. The SMILES string of the molecule is C=C(C)OC(=O)O/C(C)=C/OOC(C)(C)C. The smallest absolute Gasteiger partial charge is 0.400 e. The van der Waals surface area contributed by atoms with Gasteiger partial charge in [-0.05, 0) is 34.6 Å². The van der Waals surface area contributed by atoms with Gasteiger partial charge in [-0.25, -0.2) is 4.79 Å². The van der Waals surface area contributed by atoms with Gasteiger partial charge < -0.3 is 14.4 Å². The van der Waals surface area contributed by atoms with Crippen LogP contribution in [0.15, 0.2) is 24.4 Å². The average molecular weight is 230 g/mol. The van der Waals surface area contributed by atoms with Crippen molar-refractivity contribution in [3.8, 4) is 0 Å². The second kappa shape index (κ2) is 6.17. The molecule has 5 nitrogen and oxygen atoms in total. The molecule has 0 aromatic rings. The van der Waals surface area contributed by atoms with E-state index in [0.717, 1.165) is 0 Å². The van der Waals surface area contributed by atoms with Crippen molar-refractivity contribution >= 4 is 6.16 Å². The lowest BCUT2D eigenvalue weighted by Crippen LogP contribution is -2.18. The molecule has 0 saturated carbocycles. The largest absolute Gasteiger partial charge is 0.518 e. The Morgan fingerprint density at radius 3 is 2.19 bits per heavy atom. The second-order valence-electron chi connectivity index (χ2n) is 4.18. The molecule has 0 spiro atoms. The minimum atomic E-state index is -0.861. The van der Waals surface area contributed by atoms with Crippen molar-refractivity contribution in [2.24, 2.45) is 0 Å². The van der Waals surface area contributed by atoms with Crippen LogP contribution in [0.2, 0.25) is 0 Å². The van der Waals surface area contributed by atoms with Gasteiger partial charge in [0.15, 0.2) is 6.26 Å². The van der Waals surface area contributed by atoms with E-state index >= 15 is 0 Å². The molecule has 0 atom stereocenters. The summed E-state index contributed by atoms with van der Waals surface area (Å²) in [5.74, 6) is 0.472. The second-order valence-corrected chi connectivity index (χ2v) is 4.18. The number of allylic oxidation sites excluding steroid dienone is 2. The summed E-state index contributed by atoms with van der Waals surface area (Å²) in [4.78, 5) is 20.7. The molecule has 0 unspecified atom stereocenters. The normalized spacial score (nSPS) is 11.9. The van der Waals surface area contributed by atoms with E-state index in [2.05, 4.69) is 11.3 Å². The zero-order valence-electron chi connectivity index (χ0n) is 10.3. The lowest BCUT2D eigenvalue weighted by Gasteiger charge is -2.15. The topological polar surface area (TPSA) is 54.0 Å². The predicted molar refractivity (Wildman–Crippen MR) is 58.1 cm³/mol. The van der Waals surface area contributed by atoms with Crippen LogP contribution in [0.3, 0.4) is 0 Å². The summed E-state index contributed by atoms with van der Waals surface area (Å²) in [6.45, 7) is 12.0. The molecule has 0 rings (SSSR count). The Morgan fingerprint density at radius 1 is 1.19 bits per heavy atom. The fraction of sp³-hybridized carbons (Fsp3) is 0.545. The molecule has 0 fully saturated rings. The van der Waals surface area contributed by atoms with Crippen molar-refractivity contribution in [3.63, 3.8) is 0 Å². The van der Waals surface area contributed by atoms with Gasteiger partial charge in [0.2, 0.25) is 0 Å². The van der Waals surface area contributed by atoms with E-state index in [0.29, 0.717) is 0 Å². The maximum atomic E-state index is 11.0. The van der Waals surface area contributed by atoms with Gasteiger partial charge in [-0.1, -0.05) is 6.58 Å². The maximum absolute atomic E-state index is 11.0. The van der Waals surface area contributed by atoms with Gasteiger partial charge in [-0.3, -0.25) is 0 Å². The van der Waals surface area contributed by atoms with E-state index in [9.17, 15) is 4.79 Å². The molecule has 0 amide bonds. The summed E-state index contributed by atoms with van der Waals surface area (Å²) in [6.07, 6.45) is 0.311. The first-order valence-corrected chi connectivity index (χ1v) is 4.77. The molecule has 0 aromatic heterocycles. The van der Waals surface area contributed by atoms with Gasteiger partial charge in [-0.15, -0.1) is 0 Å². The number of hydrogen-bond acceptors (Lipinski definition) is 5. The zero-order valence-corrected chi connectivity index (χ0v) is 10.3. The predicted octanol–water partition coefficient (Wildman–Crippen LogP) is 3.28. The minimum absolute atomic E-state index is 0.218. The van der Waals surface area contributed by atoms with Crippen molar-refractivity contribution in [1.82, 2.24) is 0 Å². The highest BCUT2D eigenvalue weighted by Crippen LogP contribution is 2.09. The lowest BCUT2D eigenvalue weighted by atomic mass is 10.2. The number of carbonyl (C=O) groups is 1. The zero-order chi connectivity index (χ0) is 12.8. The van der Waals surface area contributed by atoms with Crippen LogP contribution in [0.4, 0.5) is 4.79 Å². The number of rotatable bonds is 4. The van der Waals surface area contributed by atoms with E-state index in [1.54, 1.807) is 6.92 Å². The Hall–Kier alpha value is -1.49. The van der Waals surface area contributed by atoms with Crippen LogP contribution in [0.25, 0.3) is 0 Å². The molecule has 5 heteroatoms. The summed E-state index contributed by atoms with van der Waals surface area (Å²) in [7, 11) is 0. The molecule has 0 saturated heterocycles. The minimum Gasteiger partial charge on any atom is -0.400 e. The van der Waals surface area contributed by atoms with Crippen molar-refractivity contribution in [2.75, 3.05) is 0 Å². The summed E-state index contributed by atoms with van der Waals surface area (Å²) in [5.41, 5.74) is -0.436. The molecule has 0 aliphatic heterocycles. The highest BCUT2D eigenvalue weighted by Gasteiger charge is 2.11. The third-order valence-electron chi connectivity index (χ3n) is 1.01. The van der Waals surface area contributed by atoms with Crippen LogP contribution in [-0.2, 0) is 19.2 Å². The molecular formula is C11H18O5. The third-order valence-corrected chi connectivity index (χ3v) is 1.01. The number of hydrogen-bond donors (Lipinski definition) is 0. The van der Waals surface area contributed by atoms with E-state index in [-0.39, 0.29) is 11.5 Å². The van der Waals surface area contributed by atoms with E-state index in [1.165, 1.54) is 13.2 Å². The third kappa shape index (κ3) is 9.08. The number of ether oxygens (including phenoxy) is 2. The molecule has 0 aliphatic rings. The van der Waals surface area contributed by atoms with Crippen LogP contribution in [0, 0.1) is 0 Å². The fourth-order valence-electron chi connectivity index (χ4n) is 0.555. The van der Waals surface area contributed by atoms with Crippen LogP contribution in [0.1, 0.15) is 34.6 Å². The molecule has 0 heterocycles. The molecule has 16 heavy (non-hydrogen) atoms. The Kier molecular flexibility index (Phi) is 5.60. The molecular weight excluding hydrogens is 212 g/mol.